The Labute approximate surface area is 154 Å². The Morgan fingerprint density at radius 1 is 1.04 bits per heavy atom. The highest BCUT2D eigenvalue weighted by atomic mass is 16.5. The number of hydrogen-bond acceptors (Lipinski definition) is 6. The van der Waals surface area contributed by atoms with E-state index in [1.54, 1.807) is 44.7 Å². The van der Waals surface area contributed by atoms with E-state index in [-0.39, 0.29) is 11.3 Å². The molecule has 0 saturated carbocycles. The summed E-state index contributed by atoms with van der Waals surface area (Å²) in [6.45, 7) is 0. The largest absolute Gasteiger partial charge is 0.497 e. The number of benzene rings is 2. The van der Waals surface area contributed by atoms with E-state index in [0.29, 0.717) is 33.8 Å². The van der Waals surface area contributed by atoms with Crippen molar-refractivity contribution in [2.45, 2.75) is 0 Å². The summed E-state index contributed by atoms with van der Waals surface area (Å²) < 4.78 is 17.8. The predicted molar refractivity (Wildman–Crippen MR) is 101 cm³/mol. The first-order valence-electron chi connectivity index (χ1n) is 8.26. The molecule has 0 atom stereocenters. The lowest BCUT2D eigenvalue weighted by molar-refractivity contribution is 0.394. The van der Waals surface area contributed by atoms with Crippen molar-refractivity contribution in [2.75, 3.05) is 14.2 Å². The summed E-state index contributed by atoms with van der Waals surface area (Å²) in [6, 6.07) is 12.7. The second-order valence-corrected chi connectivity index (χ2v) is 6.02. The molecule has 136 valence electrons. The Hall–Kier alpha value is -3.61. The zero-order valence-electron chi connectivity index (χ0n) is 15.1. The van der Waals surface area contributed by atoms with Crippen LogP contribution in [0.15, 0.2) is 58.0 Å². The number of aromatic nitrogens is 3. The van der Waals surface area contributed by atoms with Crippen LogP contribution in [-0.2, 0) is 7.05 Å². The van der Waals surface area contributed by atoms with Crippen LogP contribution < -0.4 is 14.9 Å². The van der Waals surface area contributed by atoms with Crippen molar-refractivity contribution in [3.8, 4) is 34.3 Å². The van der Waals surface area contributed by atoms with Gasteiger partial charge in [0.2, 0.25) is 11.3 Å². The molecule has 7 heteroatoms. The summed E-state index contributed by atoms with van der Waals surface area (Å²) >= 11 is 0. The third kappa shape index (κ3) is 2.93. The minimum absolute atomic E-state index is 0.151. The van der Waals surface area contributed by atoms with Crippen molar-refractivity contribution >= 4 is 10.9 Å². The minimum Gasteiger partial charge on any atom is -0.497 e. The summed E-state index contributed by atoms with van der Waals surface area (Å²) in [6.07, 6.45) is 1.70. The van der Waals surface area contributed by atoms with Crippen molar-refractivity contribution in [2.24, 2.45) is 7.05 Å². The molecule has 0 aliphatic carbocycles. The third-order valence-electron chi connectivity index (χ3n) is 4.36. The Bertz CT molecular complexity index is 1170. The molecule has 0 N–H and O–H groups in total. The molecular weight excluding hydrogens is 346 g/mol. The number of para-hydroxylation sites is 1. The molecular formula is C20H17N3O4. The molecule has 0 bridgehead atoms. The molecule has 4 rings (SSSR count). The van der Waals surface area contributed by atoms with Crippen molar-refractivity contribution in [1.82, 2.24) is 14.7 Å². The van der Waals surface area contributed by atoms with Crippen LogP contribution in [0.5, 0.6) is 11.5 Å². The summed E-state index contributed by atoms with van der Waals surface area (Å²) in [5, 5.41) is 4.62. The second kappa shape index (κ2) is 6.60. The Morgan fingerprint density at radius 2 is 1.74 bits per heavy atom. The van der Waals surface area contributed by atoms with Crippen LogP contribution in [0.25, 0.3) is 33.7 Å². The number of rotatable bonds is 4. The highest BCUT2D eigenvalue weighted by Gasteiger charge is 2.17. The van der Waals surface area contributed by atoms with E-state index in [4.69, 9.17) is 14.0 Å². The first kappa shape index (κ1) is 16.8. The average molecular weight is 363 g/mol. The molecule has 0 fully saturated rings. The Kier molecular flexibility index (Phi) is 4.12. The normalized spacial score (nSPS) is 10.9. The van der Waals surface area contributed by atoms with Crippen LogP contribution in [0.2, 0.25) is 0 Å². The van der Waals surface area contributed by atoms with Gasteiger partial charge in [-0.15, -0.1) is 0 Å². The lowest BCUT2D eigenvalue weighted by Crippen LogP contribution is -2.10. The molecule has 0 aliphatic rings. The number of hydrogen-bond donors (Lipinski definition) is 0. The molecule has 2 heterocycles. The van der Waals surface area contributed by atoms with E-state index >= 15 is 0 Å². The van der Waals surface area contributed by atoms with Gasteiger partial charge in [0.25, 0.3) is 5.89 Å². The number of aryl methyl sites for hydroxylation is 1. The molecule has 0 amide bonds. The molecule has 27 heavy (non-hydrogen) atoms. The summed E-state index contributed by atoms with van der Waals surface area (Å²) in [5.41, 5.74) is 1.70. The lowest BCUT2D eigenvalue weighted by Gasteiger charge is -2.06. The highest BCUT2D eigenvalue weighted by Crippen LogP contribution is 2.29. The SMILES string of the molecule is COc1cc(OC)cc(-c2noc(-c3cn(C)c4ccccc4c3=O)n2)c1. The molecule has 0 spiro atoms. The monoisotopic (exact) mass is 363 g/mol. The summed E-state index contributed by atoms with van der Waals surface area (Å²) in [5.74, 6) is 1.73. The maximum atomic E-state index is 12.8. The predicted octanol–water partition coefficient (Wildman–Crippen LogP) is 3.27. The smallest absolute Gasteiger partial charge is 0.263 e. The van der Waals surface area contributed by atoms with Gasteiger partial charge in [-0.05, 0) is 24.3 Å². The molecule has 0 unspecified atom stereocenters. The van der Waals surface area contributed by atoms with Gasteiger partial charge in [0.15, 0.2) is 0 Å². The molecule has 0 saturated heterocycles. The van der Waals surface area contributed by atoms with Gasteiger partial charge >= 0.3 is 0 Å². The van der Waals surface area contributed by atoms with E-state index < -0.39 is 0 Å². The fraction of sp³-hybridized carbons (Fsp3) is 0.150. The maximum absolute atomic E-state index is 12.8. The van der Waals surface area contributed by atoms with E-state index in [1.165, 1.54) is 0 Å². The topological polar surface area (TPSA) is 79.4 Å². The van der Waals surface area contributed by atoms with Gasteiger partial charge in [0.05, 0.1) is 19.7 Å². The van der Waals surface area contributed by atoms with Crippen molar-refractivity contribution in [1.29, 1.82) is 0 Å². The number of ether oxygens (including phenoxy) is 2. The Balaban J connectivity index is 1.83. The maximum Gasteiger partial charge on any atom is 0.263 e. The molecule has 4 aromatic rings. The third-order valence-corrected chi connectivity index (χ3v) is 4.36. The van der Waals surface area contributed by atoms with Gasteiger partial charge in [0, 0.05) is 30.3 Å². The van der Waals surface area contributed by atoms with Crippen LogP contribution in [-0.4, -0.2) is 28.9 Å². The van der Waals surface area contributed by atoms with Crippen LogP contribution in [0.1, 0.15) is 0 Å². The minimum atomic E-state index is -0.151. The zero-order chi connectivity index (χ0) is 19.0. The number of fused-ring (bicyclic) bond motifs is 1. The molecule has 7 nitrogen and oxygen atoms in total. The standard InChI is InChI=1S/C20H17N3O4/c1-23-11-16(18(24)15-6-4-5-7-17(15)23)20-21-19(22-27-20)12-8-13(25-2)10-14(9-12)26-3/h4-11H,1-3H3. The van der Waals surface area contributed by atoms with E-state index in [1.807, 2.05) is 29.8 Å². The van der Waals surface area contributed by atoms with Crippen molar-refractivity contribution in [3.63, 3.8) is 0 Å². The van der Waals surface area contributed by atoms with Crippen molar-refractivity contribution in [3.05, 3.63) is 58.9 Å². The fourth-order valence-electron chi connectivity index (χ4n) is 2.98. The summed E-state index contributed by atoms with van der Waals surface area (Å²) in [4.78, 5) is 17.3. The van der Waals surface area contributed by atoms with E-state index in [9.17, 15) is 4.79 Å². The fourth-order valence-corrected chi connectivity index (χ4v) is 2.98. The number of nitrogens with zero attached hydrogens (tertiary/aromatic N) is 3. The van der Waals surface area contributed by atoms with Crippen LogP contribution in [0, 0.1) is 0 Å². The number of pyridine rings is 1. The zero-order valence-corrected chi connectivity index (χ0v) is 15.1. The molecule has 0 radical (unpaired) electrons. The quantitative estimate of drug-likeness (QED) is 0.554. The van der Waals surface area contributed by atoms with Gasteiger partial charge in [-0.2, -0.15) is 4.98 Å². The highest BCUT2D eigenvalue weighted by molar-refractivity contribution is 5.82. The van der Waals surface area contributed by atoms with Crippen molar-refractivity contribution < 1.29 is 14.0 Å². The van der Waals surface area contributed by atoms with Gasteiger partial charge in [-0.1, -0.05) is 17.3 Å². The van der Waals surface area contributed by atoms with Crippen LogP contribution in [0.4, 0.5) is 0 Å². The first-order chi connectivity index (χ1) is 13.1. The van der Waals surface area contributed by atoms with Crippen LogP contribution in [0.3, 0.4) is 0 Å². The average Bonchev–Trinajstić information content (AvgIpc) is 3.20. The molecule has 2 aromatic carbocycles. The lowest BCUT2D eigenvalue weighted by atomic mass is 10.1. The molecule has 2 aromatic heterocycles. The van der Waals surface area contributed by atoms with Gasteiger partial charge in [-0.3, -0.25) is 4.79 Å². The van der Waals surface area contributed by atoms with Gasteiger partial charge in [-0.25, -0.2) is 0 Å². The van der Waals surface area contributed by atoms with E-state index in [0.717, 1.165) is 5.52 Å². The van der Waals surface area contributed by atoms with Crippen LogP contribution >= 0.6 is 0 Å². The first-order valence-corrected chi connectivity index (χ1v) is 8.26. The van der Waals surface area contributed by atoms with Gasteiger partial charge in [0.1, 0.15) is 17.1 Å². The van der Waals surface area contributed by atoms with Gasteiger partial charge < -0.3 is 18.6 Å². The Morgan fingerprint density at radius 3 is 2.44 bits per heavy atom. The summed E-state index contributed by atoms with van der Waals surface area (Å²) in [7, 11) is 5.01. The molecule has 0 aliphatic heterocycles. The number of methoxy groups -OCH3 is 2. The second-order valence-electron chi connectivity index (χ2n) is 6.02. The van der Waals surface area contributed by atoms with E-state index in [2.05, 4.69) is 10.1 Å².